The van der Waals surface area contributed by atoms with E-state index in [4.69, 9.17) is 5.73 Å². The van der Waals surface area contributed by atoms with Gasteiger partial charge in [-0.2, -0.15) is 5.10 Å². The Morgan fingerprint density at radius 2 is 1.67 bits per heavy atom. The summed E-state index contributed by atoms with van der Waals surface area (Å²) in [6.07, 6.45) is 0.665. The fraction of sp³-hybridized carbons (Fsp3) is 0.0714. The van der Waals surface area contributed by atoms with Gasteiger partial charge in [-0.05, 0) is 24.3 Å². The number of hydrogen-bond donors (Lipinski definition) is 1. The third kappa shape index (κ3) is 2.13. The largest absolute Gasteiger partial charge is 0.382 e. The van der Waals surface area contributed by atoms with Crippen LogP contribution in [-0.2, 0) is 6.42 Å². The summed E-state index contributed by atoms with van der Waals surface area (Å²) < 4.78 is 0. The zero-order chi connectivity index (χ0) is 12.4. The molecule has 0 amide bonds. The van der Waals surface area contributed by atoms with E-state index in [1.165, 1.54) is 0 Å². The molecule has 0 spiro atoms. The van der Waals surface area contributed by atoms with Crippen molar-refractivity contribution in [1.82, 2.24) is 15.2 Å². The predicted molar refractivity (Wildman–Crippen MR) is 71.0 cm³/mol. The highest BCUT2D eigenvalue weighted by molar-refractivity contribution is 5.78. The normalized spacial score (nSPS) is 10.7. The zero-order valence-corrected chi connectivity index (χ0v) is 9.74. The molecule has 0 saturated carbocycles. The minimum Gasteiger partial charge on any atom is -0.382 e. The zero-order valence-electron chi connectivity index (χ0n) is 9.74. The molecule has 0 unspecified atom stereocenters. The second-order valence-corrected chi connectivity index (χ2v) is 4.12. The van der Waals surface area contributed by atoms with Crippen LogP contribution in [0.5, 0.6) is 0 Å². The van der Waals surface area contributed by atoms with Crippen LogP contribution in [-0.4, -0.2) is 15.2 Å². The quantitative estimate of drug-likeness (QED) is 0.740. The second kappa shape index (κ2) is 4.41. The molecule has 18 heavy (non-hydrogen) atoms. The lowest BCUT2D eigenvalue weighted by atomic mass is 10.1. The Labute approximate surface area is 105 Å². The van der Waals surface area contributed by atoms with Gasteiger partial charge in [0, 0.05) is 17.5 Å². The second-order valence-electron chi connectivity index (χ2n) is 4.12. The van der Waals surface area contributed by atoms with Gasteiger partial charge >= 0.3 is 0 Å². The molecule has 2 aromatic heterocycles. The summed E-state index contributed by atoms with van der Waals surface area (Å²) in [6.45, 7) is 0. The van der Waals surface area contributed by atoms with Crippen LogP contribution in [0.1, 0.15) is 11.4 Å². The first-order valence-corrected chi connectivity index (χ1v) is 5.74. The van der Waals surface area contributed by atoms with Gasteiger partial charge in [-0.15, -0.1) is 5.10 Å². The SMILES string of the molecule is Nc1ccc(Cc2ccc3ccccc3n2)nn1. The standard InChI is InChI=1S/C14H12N4/c15-14-8-7-12(17-18-14)9-11-6-5-10-3-1-2-4-13(10)16-11/h1-8H,9H2,(H2,15,18). The lowest BCUT2D eigenvalue weighted by Crippen LogP contribution is -1.99. The molecule has 88 valence electrons. The average Bonchev–Trinajstić information content (AvgIpc) is 2.41. The molecule has 0 aliphatic heterocycles. The molecule has 4 heteroatoms. The van der Waals surface area contributed by atoms with Crippen LogP contribution >= 0.6 is 0 Å². The molecular weight excluding hydrogens is 224 g/mol. The van der Waals surface area contributed by atoms with Crippen molar-refractivity contribution in [3.8, 4) is 0 Å². The molecule has 3 rings (SSSR count). The van der Waals surface area contributed by atoms with Crippen molar-refractivity contribution in [3.05, 3.63) is 59.9 Å². The van der Waals surface area contributed by atoms with Crippen molar-refractivity contribution < 1.29 is 0 Å². The third-order valence-electron chi connectivity index (χ3n) is 2.76. The number of rotatable bonds is 2. The Bertz CT molecular complexity index is 677. The summed E-state index contributed by atoms with van der Waals surface area (Å²) >= 11 is 0. The number of para-hydroxylation sites is 1. The number of aromatic nitrogens is 3. The van der Waals surface area contributed by atoms with Crippen LogP contribution in [0.3, 0.4) is 0 Å². The molecule has 0 aliphatic carbocycles. The van der Waals surface area contributed by atoms with E-state index in [1.807, 2.05) is 30.3 Å². The van der Waals surface area contributed by atoms with Gasteiger partial charge in [0.2, 0.25) is 0 Å². The smallest absolute Gasteiger partial charge is 0.146 e. The summed E-state index contributed by atoms with van der Waals surface area (Å²) in [5, 5.41) is 9.02. The van der Waals surface area contributed by atoms with Gasteiger partial charge in [0.15, 0.2) is 0 Å². The Balaban J connectivity index is 1.92. The first-order chi connectivity index (χ1) is 8.81. The highest BCUT2D eigenvalue weighted by Crippen LogP contribution is 2.13. The monoisotopic (exact) mass is 236 g/mol. The number of nitrogens with two attached hydrogens (primary N) is 1. The molecule has 2 N–H and O–H groups in total. The first-order valence-electron chi connectivity index (χ1n) is 5.74. The molecule has 0 bridgehead atoms. The molecular formula is C14H12N4. The molecule has 0 aliphatic rings. The average molecular weight is 236 g/mol. The van der Waals surface area contributed by atoms with Gasteiger partial charge in [-0.25, -0.2) is 0 Å². The number of anilines is 1. The number of benzene rings is 1. The van der Waals surface area contributed by atoms with Crippen molar-refractivity contribution in [2.45, 2.75) is 6.42 Å². The maximum Gasteiger partial charge on any atom is 0.146 e. The van der Waals surface area contributed by atoms with E-state index in [-0.39, 0.29) is 0 Å². The van der Waals surface area contributed by atoms with Crippen LogP contribution in [0, 0.1) is 0 Å². The first kappa shape index (κ1) is 10.7. The Kier molecular flexibility index (Phi) is 2.61. The molecule has 0 radical (unpaired) electrons. The van der Waals surface area contributed by atoms with E-state index in [0.29, 0.717) is 12.2 Å². The molecule has 0 atom stereocenters. The summed E-state index contributed by atoms with van der Waals surface area (Å²) in [4.78, 5) is 4.59. The maximum absolute atomic E-state index is 5.51. The van der Waals surface area contributed by atoms with Crippen molar-refractivity contribution in [2.75, 3.05) is 5.73 Å². The highest BCUT2D eigenvalue weighted by atomic mass is 15.1. The van der Waals surface area contributed by atoms with Gasteiger partial charge in [-0.3, -0.25) is 4.98 Å². The summed E-state index contributed by atoms with van der Waals surface area (Å²) in [5.74, 6) is 0.435. The Morgan fingerprint density at radius 3 is 2.50 bits per heavy atom. The van der Waals surface area contributed by atoms with Crippen LogP contribution < -0.4 is 5.73 Å². The van der Waals surface area contributed by atoms with Crippen molar-refractivity contribution in [1.29, 1.82) is 0 Å². The van der Waals surface area contributed by atoms with Crippen LogP contribution in [0.25, 0.3) is 10.9 Å². The number of fused-ring (bicyclic) bond motifs is 1. The molecule has 1 aromatic carbocycles. The van der Waals surface area contributed by atoms with E-state index in [1.54, 1.807) is 6.07 Å². The van der Waals surface area contributed by atoms with Crippen LogP contribution in [0.15, 0.2) is 48.5 Å². The fourth-order valence-electron chi connectivity index (χ4n) is 1.86. The minimum absolute atomic E-state index is 0.435. The van der Waals surface area contributed by atoms with E-state index >= 15 is 0 Å². The number of pyridine rings is 1. The lowest BCUT2D eigenvalue weighted by molar-refractivity contribution is 0.929. The van der Waals surface area contributed by atoms with Crippen molar-refractivity contribution in [2.24, 2.45) is 0 Å². The maximum atomic E-state index is 5.51. The lowest BCUT2D eigenvalue weighted by Gasteiger charge is -2.02. The van der Waals surface area contributed by atoms with Crippen molar-refractivity contribution >= 4 is 16.7 Å². The van der Waals surface area contributed by atoms with Crippen molar-refractivity contribution in [3.63, 3.8) is 0 Å². The van der Waals surface area contributed by atoms with Gasteiger partial charge < -0.3 is 5.73 Å². The van der Waals surface area contributed by atoms with Gasteiger partial charge in [0.25, 0.3) is 0 Å². The van der Waals surface area contributed by atoms with E-state index in [2.05, 4.69) is 27.3 Å². The number of hydrogen-bond acceptors (Lipinski definition) is 4. The molecule has 2 heterocycles. The van der Waals surface area contributed by atoms with E-state index in [9.17, 15) is 0 Å². The van der Waals surface area contributed by atoms with E-state index < -0.39 is 0 Å². The molecule has 4 nitrogen and oxygen atoms in total. The fourth-order valence-corrected chi connectivity index (χ4v) is 1.86. The van der Waals surface area contributed by atoms with Gasteiger partial charge in [0.1, 0.15) is 5.82 Å². The Hall–Kier alpha value is -2.49. The predicted octanol–water partition coefficient (Wildman–Crippen LogP) is 2.20. The van der Waals surface area contributed by atoms with Gasteiger partial charge in [0.05, 0.1) is 11.2 Å². The molecule has 0 fully saturated rings. The number of nitrogens with zero attached hydrogens (tertiary/aromatic N) is 3. The summed E-state index contributed by atoms with van der Waals surface area (Å²) in [6, 6.07) is 15.8. The molecule has 0 saturated heterocycles. The summed E-state index contributed by atoms with van der Waals surface area (Å²) in [7, 11) is 0. The van der Waals surface area contributed by atoms with Crippen LogP contribution in [0.4, 0.5) is 5.82 Å². The number of nitrogen functional groups attached to an aromatic ring is 1. The third-order valence-corrected chi connectivity index (χ3v) is 2.76. The van der Waals surface area contributed by atoms with Crippen LogP contribution in [0.2, 0.25) is 0 Å². The Morgan fingerprint density at radius 1 is 0.833 bits per heavy atom. The highest BCUT2D eigenvalue weighted by Gasteiger charge is 2.01. The molecule has 3 aromatic rings. The van der Waals surface area contributed by atoms with E-state index in [0.717, 1.165) is 22.3 Å². The van der Waals surface area contributed by atoms with Gasteiger partial charge in [-0.1, -0.05) is 24.3 Å². The minimum atomic E-state index is 0.435. The summed E-state index contributed by atoms with van der Waals surface area (Å²) in [5.41, 5.74) is 8.35. The topological polar surface area (TPSA) is 64.7 Å².